The summed E-state index contributed by atoms with van der Waals surface area (Å²) in [6, 6.07) is 5.42. The highest BCUT2D eigenvalue weighted by Crippen LogP contribution is 2.26. The number of nitrogens with two attached hydrogens (primary N) is 1. The van der Waals surface area contributed by atoms with Crippen molar-refractivity contribution in [2.24, 2.45) is 5.73 Å². The van der Waals surface area contributed by atoms with Crippen molar-refractivity contribution in [2.75, 3.05) is 27.3 Å². The summed E-state index contributed by atoms with van der Waals surface area (Å²) in [5.41, 5.74) is 6.18. The van der Waals surface area contributed by atoms with Gasteiger partial charge in [0.2, 0.25) is 0 Å². The molecular weight excluding hydrogens is 268 g/mol. The highest BCUT2D eigenvalue weighted by atomic mass is 16.5. The quantitative estimate of drug-likeness (QED) is 0.799. The van der Waals surface area contributed by atoms with Crippen molar-refractivity contribution < 1.29 is 14.3 Å². The van der Waals surface area contributed by atoms with E-state index < -0.39 is 0 Å². The first-order valence-corrected chi connectivity index (χ1v) is 7.35. The predicted octanol–water partition coefficient (Wildman–Crippen LogP) is 2.29. The van der Waals surface area contributed by atoms with Gasteiger partial charge in [-0.3, -0.25) is 4.79 Å². The number of hydrogen-bond acceptors (Lipinski definition) is 4. The van der Waals surface area contributed by atoms with E-state index in [4.69, 9.17) is 15.2 Å². The van der Waals surface area contributed by atoms with E-state index in [0.29, 0.717) is 30.2 Å². The minimum Gasteiger partial charge on any atom is -0.497 e. The lowest BCUT2D eigenvalue weighted by atomic mass is 10.1. The van der Waals surface area contributed by atoms with Crippen LogP contribution in [0.1, 0.15) is 37.0 Å². The molecule has 118 valence electrons. The van der Waals surface area contributed by atoms with Crippen LogP contribution in [0.2, 0.25) is 0 Å². The number of rotatable bonds is 8. The smallest absolute Gasteiger partial charge is 0.258 e. The zero-order valence-electron chi connectivity index (χ0n) is 13.4. The summed E-state index contributed by atoms with van der Waals surface area (Å²) in [5.74, 6) is 1.12. The first-order valence-electron chi connectivity index (χ1n) is 7.35. The molecule has 0 radical (unpaired) electrons. The second-order valence-corrected chi connectivity index (χ2v) is 4.82. The Labute approximate surface area is 127 Å². The summed E-state index contributed by atoms with van der Waals surface area (Å²) in [5, 5.41) is 0. The average Bonchev–Trinajstić information content (AvgIpc) is 2.53. The Morgan fingerprint density at radius 1 is 1.24 bits per heavy atom. The molecule has 0 saturated heterocycles. The fourth-order valence-corrected chi connectivity index (χ4v) is 2.45. The van der Waals surface area contributed by atoms with Crippen LogP contribution in [0.4, 0.5) is 0 Å². The Hall–Kier alpha value is -1.75. The highest BCUT2D eigenvalue weighted by Gasteiger charge is 2.24. The van der Waals surface area contributed by atoms with Crippen molar-refractivity contribution in [3.63, 3.8) is 0 Å². The maximum Gasteiger partial charge on any atom is 0.258 e. The highest BCUT2D eigenvalue weighted by molar-refractivity contribution is 5.97. The van der Waals surface area contributed by atoms with Crippen LogP contribution in [0, 0.1) is 0 Å². The van der Waals surface area contributed by atoms with E-state index in [2.05, 4.69) is 13.8 Å². The van der Waals surface area contributed by atoms with Crippen LogP contribution in [-0.2, 0) is 0 Å². The normalized spacial score (nSPS) is 10.6. The van der Waals surface area contributed by atoms with Gasteiger partial charge in [0.1, 0.15) is 11.5 Å². The van der Waals surface area contributed by atoms with Gasteiger partial charge in [-0.05, 0) is 31.0 Å². The van der Waals surface area contributed by atoms with Crippen LogP contribution in [-0.4, -0.2) is 44.2 Å². The van der Waals surface area contributed by atoms with Crippen molar-refractivity contribution in [1.29, 1.82) is 0 Å². The van der Waals surface area contributed by atoms with E-state index in [-0.39, 0.29) is 11.9 Å². The molecule has 0 aromatic heterocycles. The van der Waals surface area contributed by atoms with Gasteiger partial charge in [-0.15, -0.1) is 0 Å². The van der Waals surface area contributed by atoms with Crippen LogP contribution >= 0.6 is 0 Å². The molecule has 0 unspecified atom stereocenters. The number of nitrogens with zero attached hydrogens (tertiary/aromatic N) is 1. The van der Waals surface area contributed by atoms with Crippen molar-refractivity contribution in [2.45, 2.75) is 32.7 Å². The summed E-state index contributed by atoms with van der Waals surface area (Å²) in [6.45, 7) is 5.13. The van der Waals surface area contributed by atoms with E-state index in [1.54, 1.807) is 32.4 Å². The molecule has 21 heavy (non-hydrogen) atoms. The summed E-state index contributed by atoms with van der Waals surface area (Å²) in [4.78, 5) is 14.7. The molecule has 2 N–H and O–H groups in total. The molecule has 0 aliphatic carbocycles. The van der Waals surface area contributed by atoms with Crippen molar-refractivity contribution in [3.05, 3.63) is 23.8 Å². The molecule has 0 aliphatic rings. The third kappa shape index (κ3) is 4.11. The van der Waals surface area contributed by atoms with Gasteiger partial charge in [0.05, 0.1) is 19.8 Å². The fourth-order valence-electron chi connectivity index (χ4n) is 2.45. The van der Waals surface area contributed by atoms with Gasteiger partial charge in [-0.2, -0.15) is 0 Å². The number of hydrogen-bond donors (Lipinski definition) is 1. The lowest BCUT2D eigenvalue weighted by Crippen LogP contribution is -2.42. The molecule has 0 atom stereocenters. The molecule has 0 fully saturated rings. The number of methoxy groups -OCH3 is 2. The fraction of sp³-hybridized carbons (Fsp3) is 0.562. The van der Waals surface area contributed by atoms with Crippen molar-refractivity contribution >= 4 is 5.91 Å². The molecular formula is C16H26N2O3. The summed E-state index contributed by atoms with van der Waals surface area (Å²) < 4.78 is 10.5. The third-order valence-electron chi connectivity index (χ3n) is 3.65. The molecule has 0 spiro atoms. The molecule has 0 bridgehead atoms. The standard InChI is InChI=1S/C16H26N2O3/c1-5-12(6-2)18(10-9-17)16(19)14-11-13(20-3)7-8-15(14)21-4/h7-8,11-12H,5-6,9-10,17H2,1-4H3. The Balaban J connectivity index is 3.18. The number of benzene rings is 1. The van der Waals surface area contributed by atoms with Crippen LogP contribution in [0.3, 0.4) is 0 Å². The molecule has 1 aromatic rings. The molecule has 5 heteroatoms. The zero-order valence-corrected chi connectivity index (χ0v) is 13.4. The zero-order chi connectivity index (χ0) is 15.8. The summed E-state index contributed by atoms with van der Waals surface area (Å²) >= 11 is 0. The van der Waals surface area contributed by atoms with Gasteiger partial charge in [0.15, 0.2) is 0 Å². The van der Waals surface area contributed by atoms with Gasteiger partial charge in [0.25, 0.3) is 5.91 Å². The van der Waals surface area contributed by atoms with E-state index in [0.717, 1.165) is 12.8 Å². The minimum atomic E-state index is -0.0649. The number of ether oxygens (including phenoxy) is 2. The first-order chi connectivity index (χ1) is 10.1. The number of carbonyl (C=O) groups excluding carboxylic acids is 1. The summed E-state index contributed by atoms with van der Waals surface area (Å²) in [7, 11) is 3.14. The molecule has 0 aliphatic heterocycles. The van der Waals surface area contributed by atoms with E-state index >= 15 is 0 Å². The molecule has 1 rings (SSSR count). The van der Waals surface area contributed by atoms with Gasteiger partial charge in [-0.1, -0.05) is 13.8 Å². The van der Waals surface area contributed by atoms with Gasteiger partial charge >= 0.3 is 0 Å². The van der Waals surface area contributed by atoms with E-state index in [1.807, 2.05) is 4.90 Å². The van der Waals surface area contributed by atoms with Gasteiger partial charge in [0, 0.05) is 19.1 Å². The van der Waals surface area contributed by atoms with Gasteiger partial charge < -0.3 is 20.1 Å². The molecule has 1 amide bonds. The lowest BCUT2D eigenvalue weighted by molar-refractivity contribution is 0.0670. The van der Waals surface area contributed by atoms with Gasteiger partial charge in [-0.25, -0.2) is 0 Å². The first kappa shape index (κ1) is 17.3. The Morgan fingerprint density at radius 3 is 2.38 bits per heavy atom. The SMILES string of the molecule is CCC(CC)N(CCN)C(=O)c1cc(OC)ccc1OC. The minimum absolute atomic E-state index is 0.0649. The Morgan fingerprint density at radius 2 is 1.90 bits per heavy atom. The van der Waals surface area contributed by atoms with Crippen molar-refractivity contribution in [1.82, 2.24) is 4.90 Å². The third-order valence-corrected chi connectivity index (χ3v) is 3.65. The molecule has 1 aromatic carbocycles. The topological polar surface area (TPSA) is 64.8 Å². The Kier molecular flexibility index (Phi) is 7.02. The largest absolute Gasteiger partial charge is 0.497 e. The van der Waals surface area contributed by atoms with E-state index in [9.17, 15) is 4.79 Å². The van der Waals surface area contributed by atoms with Crippen molar-refractivity contribution in [3.8, 4) is 11.5 Å². The number of amides is 1. The second kappa shape index (κ2) is 8.52. The maximum absolute atomic E-state index is 12.9. The van der Waals surface area contributed by atoms with Crippen LogP contribution in [0.25, 0.3) is 0 Å². The molecule has 5 nitrogen and oxygen atoms in total. The maximum atomic E-state index is 12.9. The Bertz CT molecular complexity index is 459. The summed E-state index contributed by atoms with van der Waals surface area (Å²) in [6.07, 6.45) is 1.79. The molecule has 0 heterocycles. The lowest BCUT2D eigenvalue weighted by Gasteiger charge is -2.30. The monoisotopic (exact) mass is 294 g/mol. The molecule has 0 saturated carbocycles. The van der Waals surface area contributed by atoms with Crippen LogP contribution in [0.5, 0.6) is 11.5 Å². The predicted molar refractivity (Wildman–Crippen MR) is 84.0 cm³/mol. The average molecular weight is 294 g/mol. The van der Waals surface area contributed by atoms with E-state index in [1.165, 1.54) is 0 Å². The van der Waals surface area contributed by atoms with Crippen LogP contribution in [0.15, 0.2) is 18.2 Å². The number of carbonyl (C=O) groups is 1. The van der Waals surface area contributed by atoms with Crippen LogP contribution < -0.4 is 15.2 Å². The second-order valence-electron chi connectivity index (χ2n) is 4.82.